The standard InChI is InChI=1S/C7H5F3OS/c1-4(11)5-2-3-6(12-5)7(8,9)10/h2-3H,1H3. The Bertz CT molecular complexity index is 300. The van der Waals surface area contributed by atoms with Gasteiger partial charge in [0.2, 0.25) is 0 Å². The van der Waals surface area contributed by atoms with Crippen LogP contribution >= 0.6 is 11.3 Å². The lowest BCUT2D eigenvalue weighted by atomic mass is 10.3. The maximum absolute atomic E-state index is 12.0. The van der Waals surface area contributed by atoms with E-state index in [1.807, 2.05) is 0 Å². The van der Waals surface area contributed by atoms with Crippen LogP contribution in [0.5, 0.6) is 0 Å². The minimum Gasteiger partial charge on any atom is -0.294 e. The van der Waals surface area contributed by atoms with Crippen molar-refractivity contribution in [2.24, 2.45) is 0 Å². The van der Waals surface area contributed by atoms with Crippen molar-refractivity contribution in [1.29, 1.82) is 0 Å². The number of alkyl halides is 3. The molecule has 0 aliphatic rings. The van der Waals surface area contributed by atoms with Crippen LogP contribution in [0, 0.1) is 0 Å². The zero-order chi connectivity index (χ0) is 9.35. The topological polar surface area (TPSA) is 17.1 Å². The average Bonchev–Trinajstić information content (AvgIpc) is 2.30. The van der Waals surface area contributed by atoms with Crippen molar-refractivity contribution < 1.29 is 18.0 Å². The van der Waals surface area contributed by atoms with Crippen LogP contribution in [0.1, 0.15) is 21.5 Å². The molecule has 0 aliphatic heterocycles. The number of thiophene rings is 1. The highest BCUT2D eigenvalue weighted by molar-refractivity contribution is 7.14. The highest BCUT2D eigenvalue weighted by Gasteiger charge is 2.32. The quantitative estimate of drug-likeness (QED) is 0.628. The summed E-state index contributed by atoms with van der Waals surface area (Å²) in [6.45, 7) is 1.24. The van der Waals surface area contributed by atoms with Crippen LogP contribution in [0.15, 0.2) is 12.1 Å². The van der Waals surface area contributed by atoms with Crippen LogP contribution in [-0.4, -0.2) is 5.78 Å². The molecule has 0 atom stereocenters. The minimum absolute atomic E-state index is 0.141. The lowest BCUT2D eigenvalue weighted by molar-refractivity contribution is -0.134. The summed E-state index contributed by atoms with van der Waals surface area (Å²) in [7, 11) is 0. The SMILES string of the molecule is CC(=O)c1ccc(C(F)(F)F)s1. The first kappa shape index (κ1) is 9.25. The third-order valence-electron chi connectivity index (χ3n) is 1.23. The molecule has 1 heterocycles. The molecule has 0 spiro atoms. The predicted molar refractivity (Wildman–Crippen MR) is 39.3 cm³/mol. The molecule has 0 saturated heterocycles. The Hall–Kier alpha value is -0.840. The molecule has 1 aromatic heterocycles. The van der Waals surface area contributed by atoms with Gasteiger partial charge in [-0.15, -0.1) is 11.3 Å². The normalized spacial score (nSPS) is 11.7. The van der Waals surface area contributed by atoms with Gasteiger partial charge in [-0.1, -0.05) is 0 Å². The summed E-state index contributed by atoms with van der Waals surface area (Å²) in [4.78, 5) is 10.0. The second kappa shape index (κ2) is 2.90. The summed E-state index contributed by atoms with van der Waals surface area (Å²) in [5, 5.41) is 0. The fourth-order valence-corrected chi connectivity index (χ4v) is 1.45. The number of halogens is 3. The largest absolute Gasteiger partial charge is 0.425 e. The Morgan fingerprint density at radius 3 is 2.25 bits per heavy atom. The zero-order valence-corrected chi connectivity index (χ0v) is 6.92. The van der Waals surface area contributed by atoms with Gasteiger partial charge in [-0.05, 0) is 19.1 Å². The molecule has 0 radical (unpaired) electrons. The van der Waals surface area contributed by atoms with E-state index in [-0.39, 0.29) is 10.7 Å². The molecule has 0 aromatic carbocycles. The predicted octanol–water partition coefficient (Wildman–Crippen LogP) is 2.97. The number of hydrogen-bond donors (Lipinski definition) is 0. The third kappa shape index (κ3) is 1.85. The molecule has 1 rings (SSSR count). The smallest absolute Gasteiger partial charge is 0.294 e. The monoisotopic (exact) mass is 194 g/mol. The first-order chi connectivity index (χ1) is 5.41. The van der Waals surface area contributed by atoms with Gasteiger partial charge in [-0.3, -0.25) is 4.79 Å². The van der Waals surface area contributed by atoms with Crippen molar-refractivity contribution in [1.82, 2.24) is 0 Å². The van der Waals surface area contributed by atoms with Gasteiger partial charge in [0, 0.05) is 0 Å². The van der Waals surface area contributed by atoms with Gasteiger partial charge < -0.3 is 0 Å². The average molecular weight is 194 g/mol. The van der Waals surface area contributed by atoms with Gasteiger partial charge >= 0.3 is 6.18 Å². The zero-order valence-electron chi connectivity index (χ0n) is 6.11. The van der Waals surface area contributed by atoms with Crippen molar-refractivity contribution in [3.63, 3.8) is 0 Å². The Balaban J connectivity index is 3.00. The molecular weight excluding hydrogens is 189 g/mol. The van der Waals surface area contributed by atoms with Crippen molar-refractivity contribution >= 4 is 17.1 Å². The van der Waals surface area contributed by atoms with Crippen LogP contribution in [0.25, 0.3) is 0 Å². The van der Waals surface area contributed by atoms with Crippen molar-refractivity contribution in [3.05, 3.63) is 21.9 Å². The molecule has 0 N–H and O–H groups in total. The molecule has 0 aliphatic carbocycles. The number of carbonyl (C=O) groups excluding carboxylic acids is 1. The van der Waals surface area contributed by atoms with Crippen LogP contribution in [-0.2, 0) is 6.18 Å². The molecule has 0 fully saturated rings. The van der Waals surface area contributed by atoms with Gasteiger partial charge in [-0.2, -0.15) is 13.2 Å². The van der Waals surface area contributed by atoms with E-state index in [1.54, 1.807) is 0 Å². The number of rotatable bonds is 1. The Morgan fingerprint density at radius 1 is 1.42 bits per heavy atom. The Kier molecular flexibility index (Phi) is 2.23. The van der Waals surface area contributed by atoms with E-state index in [4.69, 9.17) is 0 Å². The molecule has 5 heteroatoms. The van der Waals surface area contributed by atoms with Crippen molar-refractivity contribution in [3.8, 4) is 0 Å². The highest BCUT2D eigenvalue weighted by Crippen LogP contribution is 2.34. The summed E-state index contributed by atoms with van der Waals surface area (Å²) in [6.07, 6.45) is -4.33. The molecule has 1 aromatic rings. The van der Waals surface area contributed by atoms with Crippen molar-refractivity contribution in [2.75, 3.05) is 0 Å². The van der Waals surface area contributed by atoms with E-state index in [1.165, 1.54) is 13.0 Å². The van der Waals surface area contributed by atoms with Gasteiger partial charge in [-0.25, -0.2) is 0 Å². The van der Waals surface area contributed by atoms with Gasteiger partial charge in [0.15, 0.2) is 5.78 Å². The molecule has 12 heavy (non-hydrogen) atoms. The first-order valence-electron chi connectivity index (χ1n) is 3.09. The van der Waals surface area contributed by atoms with E-state index >= 15 is 0 Å². The van der Waals surface area contributed by atoms with Gasteiger partial charge in [0.1, 0.15) is 4.88 Å². The first-order valence-corrected chi connectivity index (χ1v) is 3.91. The minimum atomic E-state index is -4.33. The van der Waals surface area contributed by atoms with E-state index < -0.39 is 11.1 Å². The second-order valence-electron chi connectivity index (χ2n) is 2.22. The van der Waals surface area contributed by atoms with E-state index in [9.17, 15) is 18.0 Å². The number of Topliss-reactive ketones (excluding diaryl/α,β-unsaturated/α-hetero) is 1. The third-order valence-corrected chi connectivity index (χ3v) is 2.46. The van der Waals surface area contributed by atoms with Gasteiger partial charge in [0.05, 0.1) is 4.88 Å². The molecule has 0 saturated carbocycles. The van der Waals surface area contributed by atoms with Crippen LogP contribution < -0.4 is 0 Å². The number of carbonyl (C=O) groups is 1. The molecular formula is C7H5F3OS. The summed E-state index contributed by atoms with van der Waals surface area (Å²) in [5.41, 5.74) is 0. The highest BCUT2D eigenvalue weighted by atomic mass is 32.1. The molecule has 0 unspecified atom stereocenters. The van der Waals surface area contributed by atoms with E-state index in [2.05, 4.69) is 0 Å². The summed E-state index contributed by atoms with van der Waals surface area (Å²) in [5.74, 6) is -0.338. The second-order valence-corrected chi connectivity index (χ2v) is 3.30. The van der Waals surface area contributed by atoms with Gasteiger partial charge in [0.25, 0.3) is 0 Å². The maximum Gasteiger partial charge on any atom is 0.425 e. The molecule has 1 nitrogen and oxygen atoms in total. The summed E-state index contributed by atoms with van der Waals surface area (Å²) >= 11 is 0.473. The summed E-state index contributed by atoms with van der Waals surface area (Å²) < 4.78 is 35.9. The van der Waals surface area contributed by atoms with Crippen molar-refractivity contribution in [2.45, 2.75) is 13.1 Å². The lowest BCUT2D eigenvalue weighted by Gasteiger charge is -2.00. The maximum atomic E-state index is 12.0. The fourth-order valence-electron chi connectivity index (χ4n) is 0.679. The molecule has 0 amide bonds. The molecule has 0 bridgehead atoms. The lowest BCUT2D eigenvalue weighted by Crippen LogP contribution is -2.00. The Morgan fingerprint density at radius 2 is 2.00 bits per heavy atom. The van der Waals surface area contributed by atoms with E-state index in [0.717, 1.165) is 6.07 Å². The van der Waals surface area contributed by atoms with E-state index in [0.29, 0.717) is 11.3 Å². The number of ketones is 1. The van der Waals surface area contributed by atoms with Crippen LogP contribution in [0.4, 0.5) is 13.2 Å². The summed E-state index contributed by atoms with van der Waals surface area (Å²) in [6, 6.07) is 2.11. The number of hydrogen-bond acceptors (Lipinski definition) is 2. The van der Waals surface area contributed by atoms with Crippen LogP contribution in [0.3, 0.4) is 0 Å². The molecule has 66 valence electrons. The van der Waals surface area contributed by atoms with Crippen LogP contribution in [0.2, 0.25) is 0 Å². The fraction of sp³-hybridized carbons (Fsp3) is 0.286. The Labute approximate surface area is 70.8 Å².